The summed E-state index contributed by atoms with van der Waals surface area (Å²) in [5.41, 5.74) is 9.38. The predicted molar refractivity (Wildman–Crippen MR) is 125 cm³/mol. The van der Waals surface area contributed by atoms with Gasteiger partial charge in [-0.2, -0.15) is 0 Å². The molecule has 9 heteroatoms. The van der Waals surface area contributed by atoms with Crippen LogP contribution in [0, 0.1) is 12.3 Å². The van der Waals surface area contributed by atoms with Crippen LogP contribution in [-0.2, 0) is 11.3 Å². The molecule has 164 valence electrons. The largest absolute Gasteiger partial charge is 0.492 e. The number of carbonyl (C=O) groups is 1. The number of anilines is 1. The minimum Gasteiger partial charge on any atom is -0.492 e. The molecule has 1 aromatic heterocycles. The molecular weight excluding hydrogens is 414 g/mol. The topological polar surface area (TPSA) is 102 Å². The van der Waals surface area contributed by atoms with Crippen LogP contribution in [-0.4, -0.2) is 49.2 Å². The number of rotatable bonds is 9. The summed E-state index contributed by atoms with van der Waals surface area (Å²) >= 11 is 1.10. The van der Waals surface area contributed by atoms with Crippen LogP contribution < -0.4 is 35.9 Å². The Hall–Kier alpha value is -3.44. The lowest BCUT2D eigenvalue weighted by Crippen LogP contribution is -2.37. The molecule has 0 fully saturated rings. The minimum atomic E-state index is -0.511. The number of nitrogens with two attached hydrogens (primary N) is 1. The SMILES string of the molecule is C#CCNC(=O)/C(N)=c1\sc(=C=CNc2ccc(OCCN(C)C)cc2)c(=O)n1CC. The number of amides is 1. The van der Waals surface area contributed by atoms with Crippen LogP contribution in [0.25, 0.3) is 11.4 Å². The van der Waals surface area contributed by atoms with Gasteiger partial charge in [-0.3, -0.25) is 14.2 Å². The summed E-state index contributed by atoms with van der Waals surface area (Å²) in [7, 11) is 3.98. The monoisotopic (exact) mass is 441 g/mol. The lowest BCUT2D eigenvalue weighted by Gasteiger charge is -2.11. The van der Waals surface area contributed by atoms with E-state index in [0.29, 0.717) is 22.3 Å². The zero-order valence-electron chi connectivity index (χ0n) is 17.9. The van der Waals surface area contributed by atoms with Crippen molar-refractivity contribution in [2.24, 2.45) is 5.73 Å². The molecule has 31 heavy (non-hydrogen) atoms. The first-order valence-electron chi connectivity index (χ1n) is 9.67. The van der Waals surface area contributed by atoms with Gasteiger partial charge in [0.15, 0.2) is 0 Å². The number of nitrogens with zero attached hydrogens (tertiary/aromatic N) is 2. The number of carbonyl (C=O) groups excluding carboxylic acids is 1. The molecule has 4 N–H and O–H groups in total. The molecule has 1 aromatic carbocycles. The third-order valence-corrected chi connectivity index (χ3v) is 5.26. The fourth-order valence-electron chi connectivity index (χ4n) is 2.49. The van der Waals surface area contributed by atoms with Gasteiger partial charge in [-0.05, 0) is 45.3 Å². The van der Waals surface area contributed by atoms with E-state index in [1.807, 2.05) is 43.3 Å². The first-order chi connectivity index (χ1) is 14.9. The summed E-state index contributed by atoms with van der Waals surface area (Å²) < 4.78 is 7.80. The molecule has 0 aliphatic heterocycles. The van der Waals surface area contributed by atoms with E-state index in [9.17, 15) is 9.59 Å². The van der Waals surface area contributed by atoms with Crippen molar-refractivity contribution in [3.05, 3.63) is 50.0 Å². The quantitative estimate of drug-likeness (QED) is 0.462. The van der Waals surface area contributed by atoms with E-state index in [2.05, 4.69) is 22.3 Å². The van der Waals surface area contributed by atoms with Gasteiger partial charge in [0.2, 0.25) is 0 Å². The number of terminal acetylenes is 1. The Labute approximate surface area is 185 Å². The Morgan fingerprint density at radius 1 is 1.35 bits per heavy atom. The van der Waals surface area contributed by atoms with Crippen molar-refractivity contribution in [2.45, 2.75) is 13.5 Å². The first-order valence-corrected chi connectivity index (χ1v) is 10.5. The number of thiazole rings is 1. The molecule has 2 rings (SSSR count). The lowest BCUT2D eigenvalue weighted by molar-refractivity contribution is -0.115. The molecule has 0 saturated carbocycles. The van der Waals surface area contributed by atoms with Crippen molar-refractivity contribution in [2.75, 3.05) is 39.1 Å². The molecule has 1 amide bonds. The molecule has 2 aromatic rings. The zero-order chi connectivity index (χ0) is 22.8. The van der Waals surface area contributed by atoms with E-state index < -0.39 is 5.91 Å². The van der Waals surface area contributed by atoms with E-state index >= 15 is 0 Å². The van der Waals surface area contributed by atoms with Crippen molar-refractivity contribution in [1.29, 1.82) is 0 Å². The number of likely N-dealkylation sites (N-methyl/N-ethyl adjacent to an activating group) is 1. The molecule has 0 atom stereocenters. The van der Waals surface area contributed by atoms with Crippen LogP contribution in [0.2, 0.25) is 0 Å². The van der Waals surface area contributed by atoms with Gasteiger partial charge in [0.1, 0.15) is 27.2 Å². The van der Waals surface area contributed by atoms with E-state index in [0.717, 1.165) is 29.3 Å². The Balaban J connectivity index is 2.22. The third-order valence-electron chi connectivity index (χ3n) is 4.13. The van der Waals surface area contributed by atoms with Crippen LogP contribution >= 0.6 is 11.3 Å². The van der Waals surface area contributed by atoms with Gasteiger partial charge in [0, 0.05) is 25.0 Å². The highest BCUT2D eigenvalue weighted by Gasteiger charge is 2.11. The second-order valence-electron chi connectivity index (χ2n) is 6.70. The highest BCUT2D eigenvalue weighted by molar-refractivity contribution is 7.07. The third kappa shape index (κ3) is 6.79. The van der Waals surface area contributed by atoms with Gasteiger partial charge >= 0.3 is 0 Å². The first kappa shape index (κ1) is 23.8. The normalized spacial score (nSPS) is 11.3. The lowest BCUT2D eigenvalue weighted by atomic mass is 10.3. The number of benzene rings is 1. The highest BCUT2D eigenvalue weighted by Crippen LogP contribution is 2.15. The standard InChI is InChI=1S/C22H27N5O3S/c1-5-12-25-20(28)19(23)22-27(6-2)21(29)18(31-22)11-13-24-16-7-9-17(10-8-16)30-15-14-26(3)4/h1,7-10,13,24H,6,12,14-15,23H2,2-4H3,(H,25,28)/b22-19+. The van der Waals surface area contributed by atoms with Crippen molar-refractivity contribution < 1.29 is 9.53 Å². The molecule has 0 aliphatic rings. The average Bonchev–Trinajstić information content (AvgIpc) is 3.07. The molecule has 0 saturated heterocycles. The van der Waals surface area contributed by atoms with Gasteiger partial charge in [0.05, 0.1) is 6.54 Å². The molecule has 0 bridgehead atoms. The number of nitrogens with one attached hydrogen (secondary N) is 2. The van der Waals surface area contributed by atoms with Gasteiger partial charge < -0.3 is 26.0 Å². The highest BCUT2D eigenvalue weighted by atomic mass is 32.1. The number of hydrogen-bond acceptors (Lipinski definition) is 7. The Morgan fingerprint density at radius 2 is 2.06 bits per heavy atom. The fraction of sp³-hybridized carbons (Fsp3) is 0.318. The summed E-state index contributed by atoms with van der Waals surface area (Å²) in [4.78, 5) is 26.7. The van der Waals surface area contributed by atoms with Crippen molar-refractivity contribution in [3.8, 4) is 18.1 Å². The van der Waals surface area contributed by atoms with Crippen LogP contribution in [0.1, 0.15) is 6.92 Å². The predicted octanol–water partition coefficient (Wildman–Crippen LogP) is -0.308. The van der Waals surface area contributed by atoms with Crippen LogP contribution in [0.15, 0.2) is 35.3 Å². The maximum atomic E-state index is 12.6. The van der Waals surface area contributed by atoms with Gasteiger partial charge in [-0.15, -0.1) is 17.8 Å². The second kappa shape index (κ2) is 11.7. The molecule has 0 aliphatic carbocycles. The molecule has 8 nitrogen and oxygen atoms in total. The summed E-state index contributed by atoms with van der Waals surface area (Å²) in [6, 6.07) is 7.47. The Kier molecular flexibility index (Phi) is 8.97. The summed E-state index contributed by atoms with van der Waals surface area (Å²) in [5.74, 6) is 2.58. The Bertz CT molecular complexity index is 1150. The Morgan fingerprint density at radius 3 is 2.68 bits per heavy atom. The van der Waals surface area contributed by atoms with Gasteiger partial charge in [0.25, 0.3) is 11.5 Å². The van der Waals surface area contributed by atoms with Crippen LogP contribution in [0.3, 0.4) is 0 Å². The van der Waals surface area contributed by atoms with Crippen LogP contribution in [0.5, 0.6) is 5.75 Å². The zero-order valence-corrected chi connectivity index (χ0v) is 18.7. The van der Waals surface area contributed by atoms with Gasteiger partial charge in [-0.25, -0.2) is 0 Å². The molecule has 0 radical (unpaired) electrons. The molecular formula is C22H27N5O3S. The van der Waals surface area contributed by atoms with E-state index in [-0.39, 0.29) is 17.8 Å². The van der Waals surface area contributed by atoms with Crippen molar-refractivity contribution in [3.63, 3.8) is 0 Å². The summed E-state index contributed by atoms with van der Waals surface area (Å²) in [5, 5.41) is 5.57. The van der Waals surface area contributed by atoms with Gasteiger partial charge in [-0.1, -0.05) is 11.7 Å². The fourth-order valence-corrected chi connectivity index (χ4v) is 3.52. The summed E-state index contributed by atoms with van der Waals surface area (Å²) in [6.45, 7) is 3.68. The molecule has 0 unspecified atom stereocenters. The number of hydrogen-bond donors (Lipinski definition) is 3. The van der Waals surface area contributed by atoms with Crippen molar-refractivity contribution in [1.82, 2.24) is 14.8 Å². The minimum absolute atomic E-state index is 0.0509. The molecule has 1 heterocycles. The maximum absolute atomic E-state index is 12.6. The number of aromatic nitrogens is 1. The molecule has 0 spiro atoms. The van der Waals surface area contributed by atoms with Crippen molar-refractivity contribution >= 4 is 34.4 Å². The smallest absolute Gasteiger partial charge is 0.277 e. The maximum Gasteiger partial charge on any atom is 0.277 e. The van der Waals surface area contributed by atoms with E-state index in [1.165, 1.54) is 4.57 Å². The summed E-state index contributed by atoms with van der Waals surface area (Å²) in [6.07, 6.45) is 6.70. The average molecular weight is 442 g/mol. The second-order valence-corrected chi connectivity index (χ2v) is 7.69. The van der Waals surface area contributed by atoms with E-state index in [1.54, 1.807) is 13.1 Å². The number of ether oxygens (including phenoxy) is 1. The van der Waals surface area contributed by atoms with Crippen LogP contribution in [0.4, 0.5) is 5.69 Å². The van der Waals surface area contributed by atoms with E-state index in [4.69, 9.17) is 16.9 Å².